The van der Waals surface area contributed by atoms with E-state index in [0.29, 0.717) is 19.2 Å². The maximum absolute atomic E-state index is 12.1. The summed E-state index contributed by atoms with van der Waals surface area (Å²) in [5, 5.41) is 11.8. The van der Waals surface area contributed by atoms with Gasteiger partial charge >= 0.3 is 12.0 Å². The Kier molecular flexibility index (Phi) is 3.35. The lowest BCUT2D eigenvalue weighted by Gasteiger charge is -2.24. The Labute approximate surface area is 112 Å². The van der Waals surface area contributed by atoms with Gasteiger partial charge in [0.1, 0.15) is 0 Å². The van der Waals surface area contributed by atoms with Crippen LogP contribution in [-0.4, -0.2) is 53.3 Å². The van der Waals surface area contributed by atoms with Crippen LogP contribution in [-0.2, 0) is 9.53 Å². The van der Waals surface area contributed by atoms with Crippen LogP contribution in [0.3, 0.4) is 0 Å². The molecule has 0 radical (unpaired) electrons. The monoisotopic (exact) mass is 268 g/mol. The smallest absolute Gasteiger partial charge is 0.317 e. The fourth-order valence-electron chi connectivity index (χ4n) is 3.47. The van der Waals surface area contributed by atoms with Gasteiger partial charge in [0.25, 0.3) is 0 Å². The molecule has 2 N–H and O–H groups in total. The van der Waals surface area contributed by atoms with E-state index in [1.54, 1.807) is 4.90 Å². The number of hydrogen-bond donors (Lipinski definition) is 2. The molecule has 106 valence electrons. The Hall–Kier alpha value is -1.30. The number of amides is 2. The van der Waals surface area contributed by atoms with E-state index in [-0.39, 0.29) is 30.5 Å². The summed E-state index contributed by atoms with van der Waals surface area (Å²) in [6.45, 7) is 1.21. The highest BCUT2D eigenvalue weighted by molar-refractivity contribution is 5.75. The van der Waals surface area contributed by atoms with E-state index in [1.165, 1.54) is 0 Å². The lowest BCUT2D eigenvalue weighted by atomic mass is 9.96. The number of nitrogens with zero attached hydrogens (tertiary/aromatic N) is 1. The molecule has 6 nitrogen and oxygen atoms in total. The Morgan fingerprint density at radius 2 is 2.16 bits per heavy atom. The third kappa shape index (κ3) is 2.68. The second kappa shape index (κ2) is 5.00. The molecule has 4 unspecified atom stereocenters. The van der Waals surface area contributed by atoms with Crippen molar-refractivity contribution < 1.29 is 19.4 Å². The molecule has 3 saturated heterocycles. The maximum Gasteiger partial charge on any atom is 0.317 e. The van der Waals surface area contributed by atoms with Gasteiger partial charge in [-0.3, -0.25) is 4.79 Å². The molecule has 3 aliphatic rings. The van der Waals surface area contributed by atoms with Crippen molar-refractivity contribution in [2.24, 2.45) is 5.92 Å². The molecule has 4 atom stereocenters. The molecule has 3 fully saturated rings. The number of hydrogen-bond acceptors (Lipinski definition) is 3. The van der Waals surface area contributed by atoms with E-state index in [4.69, 9.17) is 9.84 Å². The third-order valence-electron chi connectivity index (χ3n) is 4.45. The number of nitrogens with one attached hydrogen (secondary N) is 1. The van der Waals surface area contributed by atoms with Gasteiger partial charge in [-0.25, -0.2) is 4.79 Å². The van der Waals surface area contributed by atoms with Gasteiger partial charge in [0.2, 0.25) is 0 Å². The number of carboxylic acids is 1. The largest absolute Gasteiger partial charge is 0.481 e. The summed E-state index contributed by atoms with van der Waals surface area (Å²) in [5.74, 6) is -0.687. The number of carbonyl (C=O) groups is 2. The van der Waals surface area contributed by atoms with Gasteiger partial charge in [-0.15, -0.1) is 0 Å². The van der Waals surface area contributed by atoms with E-state index in [9.17, 15) is 9.59 Å². The van der Waals surface area contributed by atoms with Crippen LogP contribution >= 0.6 is 0 Å². The van der Waals surface area contributed by atoms with Crippen molar-refractivity contribution in [3.63, 3.8) is 0 Å². The van der Waals surface area contributed by atoms with E-state index < -0.39 is 5.97 Å². The van der Waals surface area contributed by atoms with Crippen molar-refractivity contribution in [2.45, 2.75) is 50.4 Å². The van der Waals surface area contributed by atoms with E-state index in [0.717, 1.165) is 25.7 Å². The normalized spacial score (nSPS) is 36.7. The molecule has 2 amide bonds. The van der Waals surface area contributed by atoms with Crippen LogP contribution in [0.5, 0.6) is 0 Å². The van der Waals surface area contributed by atoms with Gasteiger partial charge < -0.3 is 20.1 Å². The van der Waals surface area contributed by atoms with E-state index >= 15 is 0 Å². The van der Waals surface area contributed by atoms with Crippen LogP contribution < -0.4 is 5.32 Å². The molecule has 2 bridgehead atoms. The molecular weight excluding hydrogens is 248 g/mol. The number of aliphatic carboxylic acids is 1. The average Bonchev–Trinajstić information content (AvgIpc) is 3.03. The first-order valence-corrected chi connectivity index (χ1v) is 7.04. The molecule has 6 heteroatoms. The summed E-state index contributed by atoms with van der Waals surface area (Å²) in [7, 11) is 0. The Balaban J connectivity index is 1.47. The second-order valence-corrected chi connectivity index (χ2v) is 5.86. The predicted octanol–water partition coefficient (Wildman–Crippen LogP) is 0.812. The summed E-state index contributed by atoms with van der Waals surface area (Å²) < 4.78 is 5.71. The zero-order chi connectivity index (χ0) is 13.4. The molecule has 3 rings (SSSR count). The molecule has 0 spiro atoms. The highest BCUT2D eigenvalue weighted by atomic mass is 16.5. The molecular formula is C13H20N2O4. The van der Waals surface area contributed by atoms with Crippen LogP contribution in [0.4, 0.5) is 4.79 Å². The summed E-state index contributed by atoms with van der Waals surface area (Å²) in [4.78, 5) is 24.5. The van der Waals surface area contributed by atoms with E-state index in [1.807, 2.05) is 0 Å². The van der Waals surface area contributed by atoms with Crippen LogP contribution in [0.2, 0.25) is 0 Å². The molecule has 3 aliphatic heterocycles. The minimum atomic E-state index is -0.784. The zero-order valence-corrected chi connectivity index (χ0v) is 10.9. The van der Waals surface area contributed by atoms with Gasteiger partial charge in [-0.1, -0.05) is 0 Å². The number of fused-ring (bicyclic) bond motifs is 2. The van der Waals surface area contributed by atoms with Crippen LogP contribution in [0.15, 0.2) is 0 Å². The number of carboxylic acid groups (broad SMARTS) is 1. The van der Waals surface area contributed by atoms with Crippen molar-refractivity contribution in [1.29, 1.82) is 0 Å². The average molecular weight is 268 g/mol. The first kappa shape index (κ1) is 12.7. The number of urea groups is 1. The van der Waals surface area contributed by atoms with Crippen molar-refractivity contribution >= 4 is 12.0 Å². The lowest BCUT2D eigenvalue weighted by molar-refractivity contribution is -0.138. The Morgan fingerprint density at radius 1 is 1.32 bits per heavy atom. The summed E-state index contributed by atoms with van der Waals surface area (Å²) in [5.41, 5.74) is 0. The summed E-state index contributed by atoms with van der Waals surface area (Å²) in [6, 6.07) is 0.0822. The topological polar surface area (TPSA) is 78.9 Å². The van der Waals surface area contributed by atoms with Crippen molar-refractivity contribution in [3.8, 4) is 0 Å². The minimum Gasteiger partial charge on any atom is -0.481 e. The lowest BCUT2D eigenvalue weighted by Crippen LogP contribution is -2.47. The number of ether oxygens (including phenoxy) is 1. The van der Waals surface area contributed by atoms with Crippen LogP contribution in [0, 0.1) is 5.92 Å². The van der Waals surface area contributed by atoms with Crippen LogP contribution in [0.25, 0.3) is 0 Å². The first-order valence-electron chi connectivity index (χ1n) is 7.04. The van der Waals surface area contributed by atoms with Gasteiger partial charge in [-0.05, 0) is 31.6 Å². The van der Waals surface area contributed by atoms with Crippen molar-refractivity contribution in [3.05, 3.63) is 0 Å². The summed E-state index contributed by atoms with van der Waals surface area (Å²) in [6.07, 6.45) is 4.52. The number of likely N-dealkylation sites (tertiary alicyclic amines) is 1. The zero-order valence-electron chi connectivity index (χ0n) is 10.9. The highest BCUT2D eigenvalue weighted by Gasteiger charge is 2.42. The fourth-order valence-corrected chi connectivity index (χ4v) is 3.47. The van der Waals surface area contributed by atoms with E-state index in [2.05, 4.69) is 5.32 Å². The number of rotatable bonds is 3. The molecule has 0 saturated carbocycles. The van der Waals surface area contributed by atoms with Gasteiger partial charge in [-0.2, -0.15) is 0 Å². The highest BCUT2D eigenvalue weighted by Crippen LogP contribution is 2.34. The predicted molar refractivity (Wildman–Crippen MR) is 66.8 cm³/mol. The SMILES string of the molecule is O=C(O)CC1CCN(C(=O)NC2CC3CCC2O3)C1. The van der Waals surface area contributed by atoms with Crippen molar-refractivity contribution in [1.82, 2.24) is 10.2 Å². The molecule has 0 aliphatic carbocycles. The first-order chi connectivity index (χ1) is 9.11. The number of carbonyl (C=O) groups excluding carboxylic acids is 1. The maximum atomic E-state index is 12.1. The molecule has 3 heterocycles. The molecule has 0 aromatic carbocycles. The standard InChI is InChI=1S/C13H20N2O4/c16-12(17)5-8-3-4-15(7-8)13(18)14-10-6-9-1-2-11(10)19-9/h8-11H,1-7H2,(H,14,18)(H,16,17). The third-order valence-corrected chi connectivity index (χ3v) is 4.45. The van der Waals surface area contributed by atoms with Crippen molar-refractivity contribution in [2.75, 3.05) is 13.1 Å². The van der Waals surface area contributed by atoms with Crippen LogP contribution in [0.1, 0.15) is 32.1 Å². The molecule has 0 aromatic heterocycles. The van der Waals surface area contributed by atoms with Gasteiger partial charge in [0, 0.05) is 19.5 Å². The van der Waals surface area contributed by atoms with Gasteiger partial charge in [0.15, 0.2) is 0 Å². The molecule has 0 aromatic rings. The second-order valence-electron chi connectivity index (χ2n) is 5.86. The molecule has 19 heavy (non-hydrogen) atoms. The minimum absolute atomic E-state index is 0.0611. The van der Waals surface area contributed by atoms with Gasteiger partial charge in [0.05, 0.1) is 18.2 Å². The quantitative estimate of drug-likeness (QED) is 0.794. The Bertz CT molecular complexity index is 387. The summed E-state index contributed by atoms with van der Waals surface area (Å²) >= 11 is 0. The Morgan fingerprint density at radius 3 is 2.79 bits per heavy atom. The fraction of sp³-hybridized carbons (Fsp3) is 0.846.